The van der Waals surface area contributed by atoms with Crippen LogP contribution in [-0.2, 0) is 15.1 Å². The van der Waals surface area contributed by atoms with Gasteiger partial charge in [0.15, 0.2) is 6.23 Å². The SMILES string of the molecule is COc1ccc(C(OC[C@@H]2O[C@@H](n3cc(C)c(=O)[nH]c3=O)[C@@H](O)[C@H]2O)(c2ccccc2)c2ccc(OC)cc2)cc1. The van der Waals surface area contributed by atoms with Gasteiger partial charge < -0.3 is 29.2 Å². The lowest BCUT2D eigenvalue weighted by molar-refractivity contribution is -0.0959. The molecule has 0 spiro atoms. The Kier molecular flexibility index (Phi) is 8.09. The number of H-pyrrole nitrogens is 1. The van der Waals surface area contributed by atoms with Gasteiger partial charge in [-0.3, -0.25) is 14.3 Å². The number of nitrogens with one attached hydrogen (secondary N) is 1. The van der Waals surface area contributed by atoms with Gasteiger partial charge in [-0.05, 0) is 47.9 Å². The van der Waals surface area contributed by atoms with Crippen LogP contribution in [0.3, 0.4) is 0 Å². The first-order valence-corrected chi connectivity index (χ1v) is 13.1. The third-order valence-electron chi connectivity index (χ3n) is 7.39. The maximum Gasteiger partial charge on any atom is 0.330 e. The maximum absolute atomic E-state index is 12.5. The largest absolute Gasteiger partial charge is 0.497 e. The molecule has 1 fully saturated rings. The van der Waals surface area contributed by atoms with Gasteiger partial charge in [0.2, 0.25) is 0 Å². The molecule has 1 aromatic heterocycles. The van der Waals surface area contributed by atoms with E-state index in [4.69, 9.17) is 18.9 Å². The highest BCUT2D eigenvalue weighted by atomic mass is 16.6. The van der Waals surface area contributed by atoms with E-state index in [1.165, 1.54) is 13.1 Å². The van der Waals surface area contributed by atoms with Gasteiger partial charge >= 0.3 is 5.69 Å². The van der Waals surface area contributed by atoms with Crippen LogP contribution < -0.4 is 20.7 Å². The van der Waals surface area contributed by atoms with Gasteiger partial charge in [0.1, 0.15) is 35.4 Å². The van der Waals surface area contributed by atoms with Crippen LogP contribution in [-0.4, -0.2) is 58.9 Å². The highest BCUT2D eigenvalue weighted by molar-refractivity contribution is 5.49. The fraction of sp³-hybridized carbons (Fsp3) is 0.290. The van der Waals surface area contributed by atoms with Crippen molar-refractivity contribution < 1.29 is 29.2 Å². The summed E-state index contributed by atoms with van der Waals surface area (Å²) in [7, 11) is 3.18. The molecule has 5 rings (SSSR count). The number of nitrogens with zero attached hydrogens (tertiary/aromatic N) is 1. The molecule has 214 valence electrons. The number of aliphatic hydroxyl groups is 2. The van der Waals surface area contributed by atoms with Gasteiger partial charge in [0.05, 0.1) is 20.8 Å². The van der Waals surface area contributed by atoms with Crippen LogP contribution in [0.15, 0.2) is 94.6 Å². The molecule has 0 unspecified atom stereocenters. The third-order valence-corrected chi connectivity index (χ3v) is 7.39. The molecule has 1 aliphatic rings. The number of methoxy groups -OCH3 is 2. The Morgan fingerprint density at radius 1 is 0.829 bits per heavy atom. The second kappa shape index (κ2) is 11.7. The minimum absolute atomic E-state index is 0.154. The van der Waals surface area contributed by atoms with Crippen molar-refractivity contribution in [3.05, 3.63) is 128 Å². The third kappa shape index (κ3) is 5.30. The Hall–Kier alpha value is -4.22. The van der Waals surface area contributed by atoms with Crippen LogP contribution in [0.1, 0.15) is 28.5 Å². The molecule has 2 heterocycles. The summed E-state index contributed by atoms with van der Waals surface area (Å²) in [5, 5.41) is 21.8. The monoisotopic (exact) mass is 560 g/mol. The first-order chi connectivity index (χ1) is 19.8. The van der Waals surface area contributed by atoms with E-state index >= 15 is 0 Å². The van der Waals surface area contributed by atoms with E-state index in [2.05, 4.69) is 4.98 Å². The number of aromatic amines is 1. The molecule has 4 atom stereocenters. The number of rotatable bonds is 9. The van der Waals surface area contributed by atoms with Crippen LogP contribution in [0.2, 0.25) is 0 Å². The number of aliphatic hydroxyl groups excluding tert-OH is 2. The summed E-state index contributed by atoms with van der Waals surface area (Å²) in [6.07, 6.45) is -3.75. The first kappa shape index (κ1) is 28.3. The zero-order valence-corrected chi connectivity index (χ0v) is 22.9. The molecule has 3 N–H and O–H groups in total. The van der Waals surface area contributed by atoms with Crippen LogP contribution in [0.5, 0.6) is 11.5 Å². The smallest absolute Gasteiger partial charge is 0.330 e. The zero-order valence-electron chi connectivity index (χ0n) is 22.9. The number of hydrogen-bond donors (Lipinski definition) is 3. The lowest BCUT2D eigenvalue weighted by atomic mass is 9.80. The molecule has 0 saturated carbocycles. The van der Waals surface area contributed by atoms with Crippen LogP contribution in [0.25, 0.3) is 0 Å². The molecular weight excluding hydrogens is 528 g/mol. The fourth-order valence-electron chi connectivity index (χ4n) is 5.15. The van der Waals surface area contributed by atoms with Crippen LogP contribution >= 0.6 is 0 Å². The molecule has 0 bridgehead atoms. The number of aromatic nitrogens is 2. The van der Waals surface area contributed by atoms with E-state index in [1.807, 2.05) is 78.9 Å². The summed E-state index contributed by atoms with van der Waals surface area (Å²) in [4.78, 5) is 26.6. The van der Waals surface area contributed by atoms with Crippen molar-refractivity contribution >= 4 is 0 Å². The molecule has 1 aliphatic heterocycles. The quantitative estimate of drug-likeness (QED) is 0.266. The first-order valence-electron chi connectivity index (χ1n) is 13.1. The summed E-state index contributed by atoms with van der Waals surface area (Å²) in [6, 6.07) is 24.6. The lowest BCUT2D eigenvalue weighted by Gasteiger charge is -2.37. The molecule has 1 saturated heterocycles. The Bertz CT molecular complexity index is 1530. The Labute approximate surface area is 236 Å². The van der Waals surface area contributed by atoms with Gasteiger partial charge in [-0.25, -0.2) is 4.79 Å². The molecule has 10 heteroatoms. The number of hydrogen-bond acceptors (Lipinski definition) is 8. The van der Waals surface area contributed by atoms with Crippen molar-refractivity contribution in [2.24, 2.45) is 0 Å². The van der Waals surface area contributed by atoms with E-state index in [0.29, 0.717) is 11.5 Å². The van der Waals surface area contributed by atoms with Crippen LogP contribution in [0, 0.1) is 6.92 Å². The Morgan fingerprint density at radius 3 is 1.90 bits per heavy atom. The number of benzene rings is 3. The standard InChI is InChI=1S/C31H32N2O8/c1-19-17-33(30(37)32-28(19)36)29-27(35)26(34)25(41-29)18-40-31(20-7-5-4-6-8-20,21-9-13-23(38-2)14-10-21)22-11-15-24(39-3)16-12-22/h4-17,25-27,29,34-35H,18H2,1-3H3,(H,32,36,37)/t25-,26-,27-,29+/m0/s1. The van der Waals surface area contributed by atoms with Crippen LogP contribution in [0.4, 0.5) is 0 Å². The minimum atomic E-state index is -1.44. The molecule has 0 radical (unpaired) electrons. The molecule has 0 aliphatic carbocycles. The highest BCUT2D eigenvalue weighted by Crippen LogP contribution is 2.42. The average molecular weight is 561 g/mol. The van der Waals surface area contributed by atoms with Crippen molar-refractivity contribution in [3.8, 4) is 11.5 Å². The molecular formula is C31H32N2O8. The minimum Gasteiger partial charge on any atom is -0.497 e. The number of aryl methyl sites for hydroxylation is 1. The normalized spacial score (nSPS) is 20.6. The van der Waals surface area contributed by atoms with Gasteiger partial charge in [0, 0.05) is 11.8 Å². The zero-order chi connectivity index (χ0) is 29.1. The molecule has 41 heavy (non-hydrogen) atoms. The van der Waals surface area contributed by atoms with E-state index in [1.54, 1.807) is 14.2 Å². The number of ether oxygens (including phenoxy) is 4. The summed E-state index contributed by atoms with van der Waals surface area (Å²) in [5.41, 5.74) is 0.180. The molecule has 4 aromatic rings. The second-order valence-corrected chi connectivity index (χ2v) is 9.84. The lowest BCUT2D eigenvalue weighted by Crippen LogP contribution is -2.40. The van der Waals surface area contributed by atoms with Crippen molar-refractivity contribution in [1.82, 2.24) is 9.55 Å². The van der Waals surface area contributed by atoms with Crippen molar-refractivity contribution in [2.45, 2.75) is 37.1 Å². The van der Waals surface area contributed by atoms with Crippen molar-refractivity contribution in [1.29, 1.82) is 0 Å². The maximum atomic E-state index is 12.5. The van der Waals surface area contributed by atoms with E-state index in [9.17, 15) is 19.8 Å². The van der Waals surface area contributed by atoms with Gasteiger partial charge in [-0.15, -0.1) is 0 Å². The van der Waals surface area contributed by atoms with E-state index in [-0.39, 0.29) is 12.2 Å². The molecule has 10 nitrogen and oxygen atoms in total. The van der Waals surface area contributed by atoms with Crippen molar-refractivity contribution in [3.63, 3.8) is 0 Å². The fourth-order valence-corrected chi connectivity index (χ4v) is 5.15. The Balaban J connectivity index is 1.56. The van der Waals surface area contributed by atoms with E-state index < -0.39 is 41.4 Å². The average Bonchev–Trinajstić information content (AvgIpc) is 3.29. The Morgan fingerprint density at radius 2 is 1.37 bits per heavy atom. The predicted octanol–water partition coefficient (Wildman–Crippen LogP) is 2.49. The second-order valence-electron chi connectivity index (χ2n) is 9.84. The van der Waals surface area contributed by atoms with Gasteiger partial charge in [-0.1, -0.05) is 54.6 Å². The summed E-state index contributed by atoms with van der Waals surface area (Å²) >= 11 is 0. The summed E-state index contributed by atoms with van der Waals surface area (Å²) < 4.78 is 24.6. The van der Waals surface area contributed by atoms with E-state index in [0.717, 1.165) is 21.3 Å². The van der Waals surface area contributed by atoms with Gasteiger partial charge in [0.25, 0.3) is 5.56 Å². The van der Waals surface area contributed by atoms with Gasteiger partial charge in [-0.2, -0.15) is 0 Å². The predicted molar refractivity (Wildman–Crippen MR) is 150 cm³/mol. The summed E-state index contributed by atoms with van der Waals surface area (Å²) in [6.45, 7) is 1.38. The topological polar surface area (TPSA) is 132 Å². The summed E-state index contributed by atoms with van der Waals surface area (Å²) in [5.74, 6) is 1.35. The highest BCUT2D eigenvalue weighted by Gasteiger charge is 2.46. The molecule has 3 aromatic carbocycles. The van der Waals surface area contributed by atoms with Crippen molar-refractivity contribution in [2.75, 3.05) is 20.8 Å². The molecule has 0 amide bonds.